The first-order valence-electron chi connectivity index (χ1n) is 5.54. The molecule has 5 heteroatoms. The van der Waals surface area contributed by atoms with Gasteiger partial charge in [0.1, 0.15) is 0 Å². The Morgan fingerprint density at radius 2 is 2.06 bits per heavy atom. The van der Waals surface area contributed by atoms with Crippen molar-refractivity contribution in [3.63, 3.8) is 0 Å². The van der Waals surface area contributed by atoms with Crippen molar-refractivity contribution < 1.29 is 9.59 Å². The number of nitrogens with one attached hydrogen (secondary N) is 1. The molecule has 1 heterocycles. The van der Waals surface area contributed by atoms with Crippen LogP contribution in [0.2, 0.25) is 4.34 Å². The lowest BCUT2D eigenvalue weighted by atomic mass is 10.1. The third-order valence-corrected chi connectivity index (χ3v) is 3.41. The molecule has 1 aromatic rings. The minimum Gasteiger partial charge on any atom is -0.356 e. The first kappa shape index (κ1) is 14.2. The Labute approximate surface area is 110 Å². The van der Waals surface area contributed by atoms with E-state index < -0.39 is 0 Å². The zero-order valence-corrected chi connectivity index (χ0v) is 11.5. The molecule has 0 aliphatic heterocycles. The fraction of sp³-hybridized carbons (Fsp3) is 0.500. The molecule has 0 bridgehead atoms. The van der Waals surface area contributed by atoms with E-state index in [0.717, 1.165) is 0 Å². The Morgan fingerprint density at radius 1 is 1.35 bits per heavy atom. The van der Waals surface area contributed by atoms with Crippen LogP contribution in [0.5, 0.6) is 0 Å². The second-order valence-electron chi connectivity index (χ2n) is 4.22. The average molecular weight is 274 g/mol. The predicted molar refractivity (Wildman–Crippen MR) is 70.7 cm³/mol. The lowest BCUT2D eigenvalue weighted by Crippen LogP contribution is -2.27. The van der Waals surface area contributed by atoms with E-state index in [-0.39, 0.29) is 24.5 Å². The molecule has 0 atom stereocenters. The summed E-state index contributed by atoms with van der Waals surface area (Å²) < 4.78 is 0.595. The molecule has 94 valence electrons. The number of halogens is 1. The molecular weight excluding hydrogens is 258 g/mol. The van der Waals surface area contributed by atoms with Gasteiger partial charge in [0.25, 0.3) is 0 Å². The zero-order valence-electron chi connectivity index (χ0n) is 9.96. The first-order chi connectivity index (χ1) is 7.99. The fourth-order valence-corrected chi connectivity index (χ4v) is 2.23. The molecule has 0 aromatic carbocycles. The summed E-state index contributed by atoms with van der Waals surface area (Å²) in [6.07, 6.45) is 0.474. The number of thiophene rings is 1. The maximum Gasteiger partial charge on any atom is 0.220 e. The monoisotopic (exact) mass is 273 g/mol. The lowest BCUT2D eigenvalue weighted by Gasteiger charge is -2.06. The Hall–Kier alpha value is -0.870. The second kappa shape index (κ2) is 6.77. The summed E-state index contributed by atoms with van der Waals surface area (Å²) in [5, 5.41) is 2.78. The highest BCUT2D eigenvalue weighted by Gasteiger charge is 2.11. The third kappa shape index (κ3) is 5.33. The molecule has 0 radical (unpaired) electrons. The maximum atomic E-state index is 11.7. The summed E-state index contributed by atoms with van der Waals surface area (Å²) in [7, 11) is 0. The van der Waals surface area contributed by atoms with Crippen LogP contribution < -0.4 is 5.32 Å². The largest absolute Gasteiger partial charge is 0.356 e. The van der Waals surface area contributed by atoms with E-state index in [2.05, 4.69) is 5.32 Å². The molecule has 3 nitrogen and oxygen atoms in total. The molecule has 0 aliphatic rings. The Morgan fingerprint density at radius 3 is 2.59 bits per heavy atom. The molecule has 1 N–H and O–H groups in total. The topological polar surface area (TPSA) is 46.2 Å². The predicted octanol–water partition coefficient (Wildman–Crippen LogP) is 3.14. The van der Waals surface area contributed by atoms with Crippen molar-refractivity contribution in [1.82, 2.24) is 5.32 Å². The molecule has 0 unspecified atom stereocenters. The first-order valence-corrected chi connectivity index (χ1v) is 6.73. The van der Waals surface area contributed by atoms with Gasteiger partial charge in [0.05, 0.1) is 9.21 Å². The number of hydrogen-bond donors (Lipinski definition) is 1. The lowest BCUT2D eigenvalue weighted by molar-refractivity contribution is -0.121. The number of ketones is 1. The van der Waals surface area contributed by atoms with Crippen LogP contribution in [-0.2, 0) is 4.79 Å². The highest BCUT2D eigenvalue weighted by Crippen LogP contribution is 2.22. The van der Waals surface area contributed by atoms with Gasteiger partial charge in [-0.1, -0.05) is 25.4 Å². The van der Waals surface area contributed by atoms with Crippen LogP contribution in [0.25, 0.3) is 0 Å². The number of hydrogen-bond acceptors (Lipinski definition) is 3. The van der Waals surface area contributed by atoms with Gasteiger partial charge in [0, 0.05) is 19.4 Å². The van der Waals surface area contributed by atoms with E-state index in [4.69, 9.17) is 11.6 Å². The van der Waals surface area contributed by atoms with Crippen LogP contribution in [0.4, 0.5) is 0 Å². The van der Waals surface area contributed by atoms with Crippen molar-refractivity contribution in [2.45, 2.75) is 26.7 Å². The van der Waals surface area contributed by atoms with E-state index in [0.29, 0.717) is 21.7 Å². The van der Waals surface area contributed by atoms with Gasteiger partial charge in [-0.15, -0.1) is 11.3 Å². The van der Waals surface area contributed by atoms with Crippen LogP contribution >= 0.6 is 22.9 Å². The van der Waals surface area contributed by atoms with Crippen molar-refractivity contribution >= 4 is 34.6 Å². The van der Waals surface area contributed by atoms with Gasteiger partial charge in [-0.3, -0.25) is 9.59 Å². The van der Waals surface area contributed by atoms with E-state index in [9.17, 15) is 9.59 Å². The van der Waals surface area contributed by atoms with Gasteiger partial charge in [0.15, 0.2) is 5.78 Å². The highest BCUT2D eigenvalue weighted by atomic mass is 35.5. The smallest absolute Gasteiger partial charge is 0.220 e. The standard InChI is InChI=1S/C12H16ClNO2S/c1-8(2)7-14-12(16)6-3-9(15)10-4-5-11(13)17-10/h4-5,8H,3,6-7H2,1-2H3,(H,14,16). The Bertz CT molecular complexity index is 401. The van der Waals surface area contributed by atoms with Gasteiger partial charge in [-0.05, 0) is 18.1 Å². The van der Waals surface area contributed by atoms with E-state index >= 15 is 0 Å². The highest BCUT2D eigenvalue weighted by molar-refractivity contribution is 7.18. The van der Waals surface area contributed by atoms with Crippen molar-refractivity contribution in [3.8, 4) is 0 Å². The minimum absolute atomic E-state index is 0.0263. The molecular formula is C12H16ClNO2S. The molecule has 0 aliphatic carbocycles. The van der Waals surface area contributed by atoms with Gasteiger partial charge in [-0.25, -0.2) is 0 Å². The molecule has 0 fully saturated rings. The molecule has 0 saturated heterocycles. The van der Waals surface area contributed by atoms with E-state index in [1.807, 2.05) is 13.8 Å². The fourth-order valence-electron chi connectivity index (χ4n) is 1.22. The van der Waals surface area contributed by atoms with Crippen LogP contribution in [0.1, 0.15) is 36.4 Å². The number of amides is 1. The zero-order chi connectivity index (χ0) is 12.8. The van der Waals surface area contributed by atoms with Gasteiger partial charge < -0.3 is 5.32 Å². The molecule has 1 aromatic heterocycles. The molecule has 1 rings (SSSR count). The summed E-state index contributed by atoms with van der Waals surface area (Å²) in [4.78, 5) is 23.7. The summed E-state index contributed by atoms with van der Waals surface area (Å²) in [6, 6.07) is 3.39. The van der Waals surface area contributed by atoms with Crippen molar-refractivity contribution in [3.05, 3.63) is 21.3 Å². The van der Waals surface area contributed by atoms with Crippen LogP contribution in [0.3, 0.4) is 0 Å². The number of carbonyl (C=O) groups is 2. The molecule has 0 spiro atoms. The molecule has 17 heavy (non-hydrogen) atoms. The summed E-state index contributed by atoms with van der Waals surface area (Å²) in [6.45, 7) is 4.70. The quantitative estimate of drug-likeness (QED) is 0.810. The summed E-state index contributed by atoms with van der Waals surface area (Å²) in [5.74, 6) is 0.321. The summed E-state index contributed by atoms with van der Waals surface area (Å²) >= 11 is 6.99. The second-order valence-corrected chi connectivity index (χ2v) is 5.94. The Balaban J connectivity index is 2.31. The SMILES string of the molecule is CC(C)CNC(=O)CCC(=O)c1ccc(Cl)s1. The Kier molecular flexibility index (Phi) is 5.65. The van der Waals surface area contributed by atoms with Crippen LogP contribution in [-0.4, -0.2) is 18.2 Å². The maximum absolute atomic E-state index is 11.7. The van der Waals surface area contributed by atoms with Gasteiger partial charge in [-0.2, -0.15) is 0 Å². The average Bonchev–Trinajstić information content (AvgIpc) is 2.70. The minimum atomic E-state index is -0.0743. The van der Waals surface area contributed by atoms with E-state index in [1.54, 1.807) is 12.1 Å². The van der Waals surface area contributed by atoms with Crippen molar-refractivity contribution in [2.24, 2.45) is 5.92 Å². The van der Waals surface area contributed by atoms with Crippen LogP contribution in [0.15, 0.2) is 12.1 Å². The number of rotatable bonds is 6. The molecule has 1 amide bonds. The van der Waals surface area contributed by atoms with Gasteiger partial charge in [0.2, 0.25) is 5.91 Å². The normalized spacial score (nSPS) is 10.6. The summed E-state index contributed by atoms with van der Waals surface area (Å²) in [5.41, 5.74) is 0. The van der Waals surface area contributed by atoms with Crippen molar-refractivity contribution in [2.75, 3.05) is 6.54 Å². The number of carbonyl (C=O) groups excluding carboxylic acids is 2. The van der Waals surface area contributed by atoms with Crippen molar-refractivity contribution in [1.29, 1.82) is 0 Å². The number of Topliss-reactive ketones (excluding diaryl/α,β-unsaturated/α-hetero) is 1. The van der Waals surface area contributed by atoms with E-state index in [1.165, 1.54) is 11.3 Å². The van der Waals surface area contributed by atoms with Gasteiger partial charge >= 0.3 is 0 Å². The molecule has 0 saturated carbocycles. The van der Waals surface area contributed by atoms with Crippen LogP contribution in [0, 0.1) is 5.92 Å². The third-order valence-electron chi connectivity index (χ3n) is 2.13.